The highest BCUT2D eigenvalue weighted by molar-refractivity contribution is 5.46. The van der Waals surface area contributed by atoms with Gasteiger partial charge in [0.05, 0.1) is 12.6 Å². The summed E-state index contributed by atoms with van der Waals surface area (Å²) in [7, 11) is 0. The highest BCUT2D eigenvalue weighted by atomic mass is 19.3. The Morgan fingerprint density at radius 2 is 1.81 bits per heavy atom. The molecule has 0 aliphatic heterocycles. The number of aliphatic hydroxyl groups is 1. The topological polar surface area (TPSA) is 41.5 Å². The maximum absolute atomic E-state index is 13.1. The van der Waals surface area contributed by atoms with Crippen LogP contribution in [0.1, 0.15) is 11.6 Å². The monoisotopic (exact) mass is 297 g/mol. The van der Waals surface area contributed by atoms with Gasteiger partial charge >= 0.3 is 6.61 Å². The molecular weight excluding hydrogens is 283 g/mol. The SMILES string of the molecule is OCC(Nc1cccc(F)c1)c1ccc(OC(F)F)cc1. The van der Waals surface area contributed by atoms with Crippen LogP contribution in [0, 0.1) is 5.82 Å². The molecule has 21 heavy (non-hydrogen) atoms. The molecule has 2 N–H and O–H groups in total. The molecule has 0 aliphatic rings. The third-order valence-electron chi connectivity index (χ3n) is 2.86. The summed E-state index contributed by atoms with van der Waals surface area (Å²) < 4.78 is 41.5. The molecule has 1 atom stereocenters. The van der Waals surface area contributed by atoms with Gasteiger partial charge in [-0.1, -0.05) is 18.2 Å². The third-order valence-corrected chi connectivity index (χ3v) is 2.86. The minimum Gasteiger partial charge on any atom is -0.435 e. The van der Waals surface area contributed by atoms with E-state index < -0.39 is 18.5 Å². The highest BCUT2D eigenvalue weighted by Crippen LogP contribution is 2.23. The fourth-order valence-electron chi connectivity index (χ4n) is 1.90. The fraction of sp³-hybridized carbons (Fsp3) is 0.200. The lowest BCUT2D eigenvalue weighted by atomic mass is 10.1. The number of benzene rings is 2. The Morgan fingerprint density at radius 1 is 1.10 bits per heavy atom. The normalized spacial score (nSPS) is 12.2. The Hall–Kier alpha value is -2.21. The van der Waals surface area contributed by atoms with Crippen molar-refractivity contribution in [3.63, 3.8) is 0 Å². The summed E-state index contributed by atoms with van der Waals surface area (Å²) in [5, 5.41) is 12.4. The molecule has 0 radical (unpaired) electrons. The Labute approximate surface area is 120 Å². The smallest absolute Gasteiger partial charge is 0.387 e. The molecule has 0 amide bonds. The summed E-state index contributed by atoms with van der Waals surface area (Å²) >= 11 is 0. The standard InChI is InChI=1S/C15H14F3NO2/c16-11-2-1-3-12(8-11)19-14(9-20)10-4-6-13(7-5-10)21-15(17)18/h1-8,14-15,19-20H,9H2. The minimum absolute atomic E-state index is 0.0381. The van der Waals surface area contributed by atoms with E-state index in [1.807, 2.05) is 0 Å². The summed E-state index contributed by atoms with van der Waals surface area (Å²) in [5.74, 6) is -0.353. The van der Waals surface area contributed by atoms with Crippen LogP contribution < -0.4 is 10.1 Å². The van der Waals surface area contributed by atoms with Crippen LogP contribution in [0.4, 0.5) is 18.9 Å². The summed E-state index contributed by atoms with van der Waals surface area (Å²) in [6.07, 6.45) is 0. The highest BCUT2D eigenvalue weighted by Gasteiger charge is 2.11. The first kappa shape index (κ1) is 15.2. The Kier molecular flexibility index (Phi) is 5.05. The maximum Gasteiger partial charge on any atom is 0.387 e. The largest absolute Gasteiger partial charge is 0.435 e. The van der Waals surface area contributed by atoms with E-state index in [4.69, 9.17) is 0 Å². The molecule has 1 unspecified atom stereocenters. The first-order chi connectivity index (χ1) is 10.1. The van der Waals surface area contributed by atoms with Crippen molar-refractivity contribution in [3.8, 4) is 5.75 Å². The predicted octanol–water partition coefficient (Wildman–Crippen LogP) is 3.57. The quantitative estimate of drug-likeness (QED) is 0.856. The molecule has 0 bridgehead atoms. The second-order valence-corrected chi connectivity index (χ2v) is 4.34. The van der Waals surface area contributed by atoms with Crippen molar-refractivity contribution in [2.75, 3.05) is 11.9 Å². The molecule has 112 valence electrons. The van der Waals surface area contributed by atoms with Crippen molar-refractivity contribution in [2.45, 2.75) is 12.7 Å². The van der Waals surface area contributed by atoms with Crippen LogP contribution in [0.25, 0.3) is 0 Å². The van der Waals surface area contributed by atoms with E-state index in [1.54, 1.807) is 24.3 Å². The predicted molar refractivity (Wildman–Crippen MR) is 72.9 cm³/mol. The van der Waals surface area contributed by atoms with Gasteiger partial charge in [0.25, 0.3) is 0 Å². The van der Waals surface area contributed by atoms with E-state index >= 15 is 0 Å². The van der Waals surface area contributed by atoms with Crippen molar-refractivity contribution < 1.29 is 23.0 Å². The van der Waals surface area contributed by atoms with E-state index in [0.29, 0.717) is 11.3 Å². The average Bonchev–Trinajstić information content (AvgIpc) is 2.45. The number of aliphatic hydroxyl groups excluding tert-OH is 1. The molecular formula is C15H14F3NO2. The van der Waals surface area contributed by atoms with E-state index in [-0.39, 0.29) is 12.4 Å². The zero-order valence-electron chi connectivity index (χ0n) is 11.0. The molecule has 3 nitrogen and oxygen atoms in total. The lowest BCUT2D eigenvalue weighted by Gasteiger charge is -2.18. The van der Waals surface area contributed by atoms with Crippen LogP contribution >= 0.6 is 0 Å². The van der Waals surface area contributed by atoms with Crippen LogP contribution in [-0.2, 0) is 0 Å². The number of alkyl halides is 2. The molecule has 0 heterocycles. The van der Waals surface area contributed by atoms with Crippen molar-refractivity contribution in [1.29, 1.82) is 0 Å². The average molecular weight is 297 g/mol. The molecule has 2 rings (SSSR count). The van der Waals surface area contributed by atoms with Crippen molar-refractivity contribution in [3.05, 3.63) is 59.9 Å². The number of halogens is 3. The van der Waals surface area contributed by atoms with Gasteiger partial charge in [-0.15, -0.1) is 0 Å². The summed E-state index contributed by atoms with van der Waals surface area (Å²) in [6, 6.07) is 11.2. The Bertz CT molecular complexity index is 575. The van der Waals surface area contributed by atoms with Gasteiger partial charge < -0.3 is 15.2 Å². The molecule has 0 spiro atoms. The minimum atomic E-state index is -2.88. The van der Waals surface area contributed by atoms with E-state index in [9.17, 15) is 18.3 Å². The van der Waals surface area contributed by atoms with E-state index in [2.05, 4.69) is 10.1 Å². The first-order valence-corrected chi connectivity index (χ1v) is 6.26. The second kappa shape index (κ2) is 6.99. The molecule has 0 saturated carbocycles. The van der Waals surface area contributed by atoms with Gasteiger partial charge in [-0.25, -0.2) is 4.39 Å². The van der Waals surface area contributed by atoms with Crippen LogP contribution in [0.15, 0.2) is 48.5 Å². The summed E-state index contributed by atoms with van der Waals surface area (Å²) in [4.78, 5) is 0. The Balaban J connectivity index is 2.10. The number of ether oxygens (including phenoxy) is 1. The van der Waals surface area contributed by atoms with E-state index in [1.165, 1.54) is 24.3 Å². The zero-order chi connectivity index (χ0) is 15.2. The fourth-order valence-corrected chi connectivity index (χ4v) is 1.90. The molecule has 6 heteroatoms. The van der Waals surface area contributed by atoms with E-state index in [0.717, 1.165) is 0 Å². The van der Waals surface area contributed by atoms with Crippen LogP contribution in [0.2, 0.25) is 0 Å². The van der Waals surface area contributed by atoms with Gasteiger partial charge in [-0.3, -0.25) is 0 Å². The van der Waals surface area contributed by atoms with Crippen molar-refractivity contribution in [2.24, 2.45) is 0 Å². The lowest BCUT2D eigenvalue weighted by molar-refractivity contribution is -0.0498. The third kappa shape index (κ3) is 4.39. The van der Waals surface area contributed by atoms with Gasteiger partial charge in [-0.2, -0.15) is 8.78 Å². The van der Waals surface area contributed by atoms with Gasteiger partial charge in [0.2, 0.25) is 0 Å². The number of rotatable bonds is 6. The van der Waals surface area contributed by atoms with Gasteiger partial charge in [0, 0.05) is 5.69 Å². The summed E-state index contributed by atoms with van der Waals surface area (Å²) in [5.41, 5.74) is 1.19. The number of nitrogens with one attached hydrogen (secondary N) is 1. The van der Waals surface area contributed by atoms with Gasteiger partial charge in [0.1, 0.15) is 11.6 Å². The number of anilines is 1. The molecule has 0 saturated heterocycles. The molecule has 2 aromatic carbocycles. The molecule has 0 aliphatic carbocycles. The van der Waals surface area contributed by atoms with Crippen LogP contribution in [0.3, 0.4) is 0 Å². The number of hydrogen-bond acceptors (Lipinski definition) is 3. The second-order valence-electron chi connectivity index (χ2n) is 4.34. The van der Waals surface area contributed by atoms with Gasteiger partial charge in [-0.05, 0) is 35.9 Å². The van der Waals surface area contributed by atoms with Crippen LogP contribution in [0.5, 0.6) is 5.75 Å². The molecule has 0 aromatic heterocycles. The first-order valence-electron chi connectivity index (χ1n) is 6.26. The van der Waals surface area contributed by atoms with Crippen molar-refractivity contribution in [1.82, 2.24) is 0 Å². The number of hydrogen-bond donors (Lipinski definition) is 2. The maximum atomic E-state index is 13.1. The van der Waals surface area contributed by atoms with Crippen LogP contribution in [-0.4, -0.2) is 18.3 Å². The summed E-state index contributed by atoms with van der Waals surface area (Å²) in [6.45, 7) is -3.11. The van der Waals surface area contributed by atoms with Gasteiger partial charge in [0.15, 0.2) is 0 Å². The lowest BCUT2D eigenvalue weighted by Crippen LogP contribution is -2.15. The van der Waals surface area contributed by atoms with Crippen molar-refractivity contribution >= 4 is 5.69 Å². The Morgan fingerprint density at radius 3 is 2.38 bits per heavy atom. The molecule has 2 aromatic rings. The molecule has 0 fully saturated rings. The zero-order valence-corrected chi connectivity index (χ0v) is 11.0.